The van der Waals surface area contributed by atoms with Crippen molar-refractivity contribution in [1.29, 1.82) is 0 Å². The number of amides is 2. The topological polar surface area (TPSA) is 80.0 Å². The van der Waals surface area contributed by atoms with E-state index in [2.05, 4.69) is 45.0 Å². The summed E-state index contributed by atoms with van der Waals surface area (Å²) in [7, 11) is 0. The van der Waals surface area contributed by atoms with Crippen LogP contribution in [-0.4, -0.2) is 16.2 Å². The molecule has 144 valence electrons. The molecule has 1 saturated carbocycles. The Bertz CT molecular complexity index is 917. The van der Waals surface area contributed by atoms with Gasteiger partial charge in [0.25, 0.3) is 0 Å². The zero-order chi connectivity index (χ0) is 19.3. The first-order valence-electron chi connectivity index (χ1n) is 9.67. The monoisotopic (exact) mass is 376 g/mol. The van der Waals surface area contributed by atoms with Gasteiger partial charge in [-0.2, -0.15) is 4.98 Å². The van der Waals surface area contributed by atoms with Crippen molar-refractivity contribution < 1.29 is 9.32 Å². The molecule has 4 rings (SSSR count). The van der Waals surface area contributed by atoms with Crippen molar-refractivity contribution in [2.75, 3.05) is 0 Å². The molecule has 1 aliphatic carbocycles. The largest absolute Gasteiger partial charge is 0.337 e. The molecule has 2 N–H and O–H groups in total. The number of hydrogen-bond donors (Lipinski definition) is 2. The summed E-state index contributed by atoms with van der Waals surface area (Å²) in [6, 6.07) is 17.8. The molecule has 1 fully saturated rings. The van der Waals surface area contributed by atoms with Gasteiger partial charge in [-0.05, 0) is 42.4 Å². The van der Waals surface area contributed by atoms with Gasteiger partial charge in [0.05, 0.1) is 0 Å². The molecule has 0 aliphatic heterocycles. The van der Waals surface area contributed by atoms with Crippen LogP contribution in [0, 0.1) is 0 Å². The molecule has 1 heterocycles. The lowest BCUT2D eigenvalue weighted by Gasteiger charge is -2.11. The molecule has 0 saturated heterocycles. The van der Waals surface area contributed by atoms with Crippen LogP contribution >= 0.6 is 0 Å². The van der Waals surface area contributed by atoms with Gasteiger partial charge in [-0.3, -0.25) is 0 Å². The summed E-state index contributed by atoms with van der Waals surface area (Å²) in [5.74, 6) is 1.74. The van der Waals surface area contributed by atoms with Crippen molar-refractivity contribution >= 4 is 6.03 Å². The van der Waals surface area contributed by atoms with Crippen LogP contribution in [0.5, 0.6) is 0 Å². The molecule has 28 heavy (non-hydrogen) atoms. The van der Waals surface area contributed by atoms with Crippen LogP contribution in [0.3, 0.4) is 0 Å². The lowest BCUT2D eigenvalue weighted by molar-refractivity contribution is 0.233. The Hall–Kier alpha value is -3.15. The summed E-state index contributed by atoms with van der Waals surface area (Å²) in [6.45, 7) is 2.30. The molecule has 1 atom stereocenters. The van der Waals surface area contributed by atoms with Crippen LogP contribution in [0.15, 0.2) is 59.1 Å². The number of carbonyl (C=O) groups excluding carboxylic acids is 1. The lowest BCUT2D eigenvalue weighted by Crippen LogP contribution is -2.36. The Morgan fingerprint density at radius 3 is 2.57 bits per heavy atom. The highest BCUT2D eigenvalue weighted by Gasteiger charge is 2.23. The fraction of sp³-hybridized carbons (Fsp3) is 0.318. The van der Waals surface area contributed by atoms with E-state index in [1.165, 1.54) is 18.4 Å². The first kappa shape index (κ1) is 18.2. The Labute approximate surface area is 164 Å². The van der Waals surface area contributed by atoms with E-state index in [1.807, 2.05) is 37.3 Å². The fourth-order valence-electron chi connectivity index (χ4n) is 3.11. The average Bonchev–Trinajstić information content (AvgIpc) is 3.46. The normalized spacial score (nSPS) is 14.5. The van der Waals surface area contributed by atoms with Crippen molar-refractivity contribution in [3.63, 3.8) is 0 Å². The van der Waals surface area contributed by atoms with E-state index in [4.69, 9.17) is 4.52 Å². The zero-order valence-corrected chi connectivity index (χ0v) is 15.9. The first-order valence-corrected chi connectivity index (χ1v) is 9.67. The second-order valence-electron chi connectivity index (χ2n) is 7.28. The van der Waals surface area contributed by atoms with E-state index in [-0.39, 0.29) is 12.1 Å². The fourth-order valence-corrected chi connectivity index (χ4v) is 3.11. The van der Waals surface area contributed by atoms with Crippen LogP contribution in [0.25, 0.3) is 0 Å². The van der Waals surface area contributed by atoms with Crippen LogP contribution in [0.1, 0.15) is 60.1 Å². The molecule has 2 aromatic carbocycles. The summed E-state index contributed by atoms with van der Waals surface area (Å²) in [6.07, 6.45) is 3.18. The van der Waals surface area contributed by atoms with Crippen molar-refractivity contribution in [2.45, 2.75) is 44.7 Å². The second-order valence-corrected chi connectivity index (χ2v) is 7.28. The third kappa shape index (κ3) is 4.76. The van der Waals surface area contributed by atoms with Gasteiger partial charge in [0, 0.05) is 13.0 Å². The Kier molecular flexibility index (Phi) is 5.37. The molecule has 0 unspecified atom stereocenters. The maximum absolute atomic E-state index is 12.2. The van der Waals surface area contributed by atoms with Crippen molar-refractivity contribution in [1.82, 2.24) is 20.8 Å². The second kappa shape index (κ2) is 8.25. The molecule has 1 aliphatic rings. The molecule has 1 aromatic heterocycles. The van der Waals surface area contributed by atoms with Gasteiger partial charge in [0.15, 0.2) is 5.82 Å². The Morgan fingerprint density at radius 2 is 1.86 bits per heavy atom. The molecule has 2 amide bonds. The number of nitrogens with one attached hydrogen (secondary N) is 2. The third-order valence-corrected chi connectivity index (χ3v) is 4.89. The predicted octanol–water partition coefficient (Wildman–Crippen LogP) is 4.10. The van der Waals surface area contributed by atoms with Crippen LogP contribution in [-0.2, 0) is 13.0 Å². The quantitative estimate of drug-likeness (QED) is 0.651. The Balaban J connectivity index is 1.26. The van der Waals surface area contributed by atoms with E-state index in [0.717, 1.165) is 17.0 Å². The highest BCUT2D eigenvalue weighted by molar-refractivity contribution is 5.74. The van der Waals surface area contributed by atoms with E-state index >= 15 is 0 Å². The van der Waals surface area contributed by atoms with Gasteiger partial charge in [0.1, 0.15) is 6.04 Å². The molecular formula is C22H24N4O2. The smallest absolute Gasteiger partial charge is 0.315 e. The van der Waals surface area contributed by atoms with E-state index in [9.17, 15) is 4.79 Å². The van der Waals surface area contributed by atoms with Crippen LogP contribution in [0.2, 0.25) is 0 Å². The van der Waals surface area contributed by atoms with Crippen molar-refractivity contribution in [3.8, 4) is 0 Å². The third-order valence-electron chi connectivity index (χ3n) is 4.89. The van der Waals surface area contributed by atoms with E-state index < -0.39 is 0 Å². The highest BCUT2D eigenvalue weighted by Crippen LogP contribution is 2.39. The predicted molar refractivity (Wildman–Crippen MR) is 106 cm³/mol. The van der Waals surface area contributed by atoms with Gasteiger partial charge in [-0.25, -0.2) is 4.79 Å². The van der Waals surface area contributed by atoms with Gasteiger partial charge in [-0.15, -0.1) is 0 Å². The van der Waals surface area contributed by atoms with Gasteiger partial charge >= 0.3 is 6.03 Å². The molecule has 0 bridgehead atoms. The molecular weight excluding hydrogens is 352 g/mol. The molecule has 0 spiro atoms. The number of carbonyl (C=O) groups is 1. The van der Waals surface area contributed by atoms with Crippen molar-refractivity contribution in [2.24, 2.45) is 0 Å². The minimum atomic E-state index is -0.366. The number of hydrogen-bond acceptors (Lipinski definition) is 4. The molecule has 3 aromatic rings. The zero-order valence-electron chi connectivity index (χ0n) is 15.9. The molecule has 6 heteroatoms. The highest BCUT2D eigenvalue weighted by atomic mass is 16.5. The van der Waals surface area contributed by atoms with Gasteiger partial charge in [-0.1, -0.05) is 59.8 Å². The van der Waals surface area contributed by atoms with Gasteiger partial charge < -0.3 is 15.2 Å². The number of rotatable bonds is 7. The number of aromatic nitrogens is 2. The summed E-state index contributed by atoms with van der Waals surface area (Å²) < 4.78 is 5.30. The van der Waals surface area contributed by atoms with Crippen LogP contribution in [0.4, 0.5) is 4.79 Å². The van der Waals surface area contributed by atoms with E-state index in [0.29, 0.717) is 24.7 Å². The summed E-state index contributed by atoms with van der Waals surface area (Å²) in [5.41, 5.74) is 3.58. The standard InChI is InChI=1S/C22H24N4O2/c1-15(21-25-20(26-28-21)13-16-5-3-2-4-6-16)24-22(27)23-14-17-7-9-18(10-8-17)19-11-12-19/h2-10,15,19H,11-14H2,1H3,(H2,23,24,27)/t15-/m0/s1. The van der Waals surface area contributed by atoms with Crippen LogP contribution < -0.4 is 10.6 Å². The summed E-state index contributed by atoms with van der Waals surface area (Å²) in [5, 5.41) is 9.71. The lowest BCUT2D eigenvalue weighted by atomic mass is 10.1. The maximum atomic E-state index is 12.2. The van der Waals surface area contributed by atoms with Crippen molar-refractivity contribution in [3.05, 3.63) is 83.0 Å². The number of benzene rings is 2. The van der Waals surface area contributed by atoms with Gasteiger partial charge in [0.2, 0.25) is 5.89 Å². The SMILES string of the molecule is C[C@H](NC(=O)NCc1ccc(C2CC2)cc1)c1nc(Cc2ccccc2)no1. The minimum Gasteiger partial charge on any atom is -0.337 e. The molecule has 6 nitrogen and oxygen atoms in total. The number of nitrogens with zero attached hydrogens (tertiary/aromatic N) is 2. The maximum Gasteiger partial charge on any atom is 0.315 e. The minimum absolute atomic E-state index is 0.262. The average molecular weight is 376 g/mol. The number of urea groups is 1. The summed E-state index contributed by atoms with van der Waals surface area (Å²) >= 11 is 0. The molecule has 0 radical (unpaired) electrons. The van der Waals surface area contributed by atoms with E-state index in [1.54, 1.807) is 0 Å². The first-order chi connectivity index (χ1) is 13.7. The Morgan fingerprint density at radius 1 is 1.11 bits per heavy atom. The summed E-state index contributed by atoms with van der Waals surface area (Å²) in [4.78, 5) is 16.6.